The van der Waals surface area contributed by atoms with Gasteiger partial charge in [0, 0.05) is 6.08 Å². The van der Waals surface area contributed by atoms with Gasteiger partial charge in [-0.25, -0.2) is 9.18 Å². The van der Waals surface area contributed by atoms with E-state index in [1.807, 2.05) is 0 Å². The lowest BCUT2D eigenvalue weighted by Gasteiger charge is -2.08. The van der Waals surface area contributed by atoms with Crippen LogP contribution >= 0.6 is 15.9 Å². The molecule has 0 aromatic heterocycles. The van der Waals surface area contributed by atoms with Gasteiger partial charge in [-0.15, -0.1) is 0 Å². The van der Waals surface area contributed by atoms with Crippen molar-refractivity contribution in [1.82, 2.24) is 0 Å². The van der Waals surface area contributed by atoms with Crippen LogP contribution in [0.25, 0.3) is 0 Å². The fourth-order valence-electron chi connectivity index (χ4n) is 1.26. The van der Waals surface area contributed by atoms with Crippen molar-refractivity contribution in [1.29, 1.82) is 0 Å². The van der Waals surface area contributed by atoms with Crippen molar-refractivity contribution in [2.75, 3.05) is 6.61 Å². The summed E-state index contributed by atoms with van der Waals surface area (Å²) in [6.07, 6.45) is 0.920. The molecule has 0 aliphatic heterocycles. The van der Waals surface area contributed by atoms with Gasteiger partial charge in [-0.3, -0.25) is 10.1 Å². The van der Waals surface area contributed by atoms with Crippen LogP contribution in [0.1, 0.15) is 6.92 Å². The molecule has 0 heterocycles. The van der Waals surface area contributed by atoms with Gasteiger partial charge in [0.05, 0.1) is 15.5 Å². The topological polar surface area (TPSA) is 89.7 Å². The first-order valence-corrected chi connectivity index (χ1v) is 5.77. The maximum Gasteiger partial charge on any atom is 0.328 e. The molecule has 1 N–H and O–H groups in total. The second-order valence-electron chi connectivity index (χ2n) is 3.61. The van der Waals surface area contributed by atoms with Gasteiger partial charge >= 0.3 is 11.7 Å². The van der Waals surface area contributed by atoms with Crippen LogP contribution in [0.3, 0.4) is 0 Å². The monoisotopic (exact) mass is 333 g/mol. The number of nitro groups is 1. The molecule has 0 saturated heterocycles. The van der Waals surface area contributed by atoms with Gasteiger partial charge < -0.3 is 9.84 Å². The van der Waals surface area contributed by atoms with E-state index in [9.17, 15) is 19.3 Å². The summed E-state index contributed by atoms with van der Waals surface area (Å²) in [5.74, 6) is -2.07. The van der Waals surface area contributed by atoms with Crippen LogP contribution in [0.2, 0.25) is 0 Å². The number of carboxylic acid groups (broad SMARTS) is 1. The van der Waals surface area contributed by atoms with Crippen molar-refractivity contribution >= 4 is 27.6 Å². The Balaban J connectivity index is 3.01. The lowest BCUT2D eigenvalue weighted by atomic mass is 10.2. The number of hydrogen-bond donors (Lipinski definition) is 1. The number of nitrogens with zero attached hydrogens (tertiary/aromatic N) is 1. The van der Waals surface area contributed by atoms with Crippen LogP contribution in [-0.2, 0) is 4.79 Å². The number of carbonyl (C=O) groups is 1. The third kappa shape index (κ3) is 4.32. The van der Waals surface area contributed by atoms with Crippen molar-refractivity contribution in [3.63, 3.8) is 0 Å². The van der Waals surface area contributed by atoms with Crippen molar-refractivity contribution in [2.24, 2.45) is 0 Å². The molecule has 0 bridgehead atoms. The summed E-state index contributed by atoms with van der Waals surface area (Å²) in [6.45, 7) is 1.34. The zero-order valence-corrected chi connectivity index (χ0v) is 11.3. The van der Waals surface area contributed by atoms with E-state index in [2.05, 4.69) is 15.9 Å². The minimum Gasteiger partial charge on any atom is -0.482 e. The molecule has 0 spiro atoms. The number of rotatable bonds is 5. The van der Waals surface area contributed by atoms with Gasteiger partial charge in [0.15, 0.2) is 0 Å². The maximum absolute atomic E-state index is 13.1. The summed E-state index contributed by atoms with van der Waals surface area (Å²) in [5, 5.41) is 19.3. The standard InChI is InChI=1S/C11H9BrFNO5/c1-6(2-10(15)16)5-19-11-8(12)3-7(13)4-9(11)14(17)18/h2-4H,5H2,1H3,(H,15,16). The molecule has 0 amide bonds. The molecule has 0 fully saturated rings. The summed E-state index contributed by atoms with van der Waals surface area (Å²) < 4.78 is 18.3. The highest BCUT2D eigenvalue weighted by Crippen LogP contribution is 2.36. The van der Waals surface area contributed by atoms with Crippen LogP contribution in [0.5, 0.6) is 5.75 Å². The van der Waals surface area contributed by atoms with E-state index < -0.39 is 22.4 Å². The Morgan fingerprint density at radius 3 is 2.79 bits per heavy atom. The highest BCUT2D eigenvalue weighted by Gasteiger charge is 2.20. The molecule has 0 aliphatic carbocycles. The van der Waals surface area contributed by atoms with E-state index in [0.717, 1.165) is 18.2 Å². The van der Waals surface area contributed by atoms with E-state index in [0.29, 0.717) is 5.57 Å². The molecule has 0 aliphatic rings. The van der Waals surface area contributed by atoms with Gasteiger partial charge in [0.1, 0.15) is 12.4 Å². The average Bonchev–Trinajstić information content (AvgIpc) is 2.25. The van der Waals surface area contributed by atoms with Gasteiger partial charge in [-0.2, -0.15) is 0 Å². The van der Waals surface area contributed by atoms with E-state index in [4.69, 9.17) is 9.84 Å². The molecular formula is C11H9BrFNO5. The van der Waals surface area contributed by atoms with Crippen LogP contribution in [-0.4, -0.2) is 22.6 Å². The Morgan fingerprint density at radius 1 is 1.63 bits per heavy atom. The minimum absolute atomic E-state index is 0.0855. The van der Waals surface area contributed by atoms with Gasteiger partial charge in [0.25, 0.3) is 0 Å². The number of ether oxygens (including phenoxy) is 1. The third-order valence-corrected chi connectivity index (χ3v) is 2.59. The fourth-order valence-corrected chi connectivity index (χ4v) is 1.80. The number of nitro benzene ring substituents is 1. The molecule has 102 valence electrons. The number of carboxylic acids is 1. The summed E-state index contributed by atoms with van der Waals surface area (Å²) in [5.41, 5.74) is -0.173. The molecule has 8 heteroatoms. The molecule has 1 rings (SSSR count). The van der Waals surface area contributed by atoms with E-state index in [1.165, 1.54) is 6.92 Å². The highest BCUT2D eigenvalue weighted by molar-refractivity contribution is 9.10. The number of benzene rings is 1. The molecule has 19 heavy (non-hydrogen) atoms. The molecule has 0 unspecified atom stereocenters. The Kier molecular flexibility index (Phi) is 4.99. The van der Waals surface area contributed by atoms with Crippen molar-refractivity contribution in [3.8, 4) is 5.75 Å². The second kappa shape index (κ2) is 6.28. The highest BCUT2D eigenvalue weighted by atomic mass is 79.9. The van der Waals surface area contributed by atoms with E-state index >= 15 is 0 Å². The summed E-state index contributed by atoms with van der Waals surface area (Å²) in [7, 11) is 0. The second-order valence-corrected chi connectivity index (χ2v) is 4.46. The number of hydrogen-bond acceptors (Lipinski definition) is 4. The Morgan fingerprint density at radius 2 is 2.26 bits per heavy atom. The largest absolute Gasteiger partial charge is 0.482 e. The molecule has 0 atom stereocenters. The first-order valence-electron chi connectivity index (χ1n) is 4.97. The number of aliphatic carboxylic acids is 1. The smallest absolute Gasteiger partial charge is 0.328 e. The van der Waals surface area contributed by atoms with Crippen molar-refractivity contribution in [3.05, 3.63) is 44.2 Å². The van der Waals surface area contributed by atoms with Crippen LogP contribution in [0, 0.1) is 15.9 Å². The molecule has 1 aromatic carbocycles. The fraction of sp³-hybridized carbons (Fsp3) is 0.182. The zero-order valence-electron chi connectivity index (χ0n) is 9.72. The Labute approximate surface area is 115 Å². The third-order valence-electron chi connectivity index (χ3n) is 2.00. The normalized spacial score (nSPS) is 11.2. The molecular weight excluding hydrogens is 325 g/mol. The minimum atomic E-state index is -1.14. The lowest BCUT2D eigenvalue weighted by molar-refractivity contribution is -0.386. The van der Waals surface area contributed by atoms with Crippen LogP contribution < -0.4 is 4.74 Å². The SMILES string of the molecule is CC(=CC(=O)O)COc1c(Br)cc(F)cc1[N+](=O)[O-]. The first kappa shape index (κ1) is 15.1. The van der Waals surface area contributed by atoms with Crippen molar-refractivity contribution in [2.45, 2.75) is 6.92 Å². The first-order chi connectivity index (χ1) is 8.81. The molecule has 6 nitrogen and oxygen atoms in total. The summed E-state index contributed by atoms with van der Waals surface area (Å²) in [4.78, 5) is 20.4. The maximum atomic E-state index is 13.1. The lowest BCUT2D eigenvalue weighted by Crippen LogP contribution is -2.04. The van der Waals surface area contributed by atoms with E-state index in [-0.39, 0.29) is 16.8 Å². The number of halogens is 2. The summed E-state index contributed by atoms with van der Waals surface area (Å²) in [6, 6.07) is 1.76. The van der Waals surface area contributed by atoms with Gasteiger partial charge in [0.2, 0.25) is 5.75 Å². The van der Waals surface area contributed by atoms with Gasteiger partial charge in [-0.1, -0.05) is 0 Å². The Hall–Kier alpha value is -1.96. The van der Waals surface area contributed by atoms with Crippen LogP contribution in [0.4, 0.5) is 10.1 Å². The molecule has 0 saturated carbocycles. The molecule has 0 radical (unpaired) electrons. The average molecular weight is 334 g/mol. The predicted octanol–water partition coefficient (Wildman–Crippen LogP) is 2.91. The molecule has 1 aromatic rings. The predicted molar refractivity (Wildman–Crippen MR) is 67.6 cm³/mol. The van der Waals surface area contributed by atoms with Crippen LogP contribution in [0.15, 0.2) is 28.3 Å². The summed E-state index contributed by atoms with van der Waals surface area (Å²) >= 11 is 2.96. The van der Waals surface area contributed by atoms with E-state index in [1.54, 1.807) is 0 Å². The Bertz CT molecular complexity index is 558. The zero-order chi connectivity index (χ0) is 14.6. The van der Waals surface area contributed by atoms with Gasteiger partial charge in [-0.05, 0) is 34.5 Å². The quantitative estimate of drug-likeness (QED) is 0.508. The van der Waals surface area contributed by atoms with Crippen molar-refractivity contribution < 1.29 is 24.0 Å².